The third kappa shape index (κ3) is 3.78. The predicted molar refractivity (Wildman–Crippen MR) is 45.0 cm³/mol. The minimum absolute atomic E-state index is 0.549. The van der Waals surface area contributed by atoms with Gasteiger partial charge in [0.25, 0.3) is 0 Å². The third-order valence-corrected chi connectivity index (χ3v) is 1.13. The summed E-state index contributed by atoms with van der Waals surface area (Å²) in [6, 6.07) is 0. The monoisotopic (exact) mass is 138 g/mol. The van der Waals surface area contributed by atoms with E-state index < -0.39 is 0 Å². The van der Waals surface area contributed by atoms with Gasteiger partial charge in [-0.05, 0) is 24.3 Å². The van der Waals surface area contributed by atoms with Gasteiger partial charge in [0.05, 0.1) is 0 Å². The van der Waals surface area contributed by atoms with E-state index in [1.54, 1.807) is 12.3 Å². The second-order valence-electron chi connectivity index (χ2n) is 2.00. The van der Waals surface area contributed by atoms with Crippen molar-refractivity contribution in [1.29, 1.82) is 0 Å². The summed E-state index contributed by atoms with van der Waals surface area (Å²) in [6.07, 6.45) is 6.09. The van der Waals surface area contributed by atoms with Crippen LogP contribution < -0.4 is 11.5 Å². The lowest BCUT2D eigenvalue weighted by atomic mass is 10.2. The van der Waals surface area contributed by atoms with Crippen molar-refractivity contribution in [3.05, 3.63) is 36.2 Å². The lowest BCUT2D eigenvalue weighted by molar-refractivity contribution is 1.13. The molecule has 4 N–H and O–H groups in total. The molecule has 0 saturated carbocycles. The van der Waals surface area contributed by atoms with Gasteiger partial charge in [0, 0.05) is 5.70 Å². The molecule has 2 nitrogen and oxygen atoms in total. The molecule has 0 fully saturated rings. The van der Waals surface area contributed by atoms with Crippen LogP contribution in [0.4, 0.5) is 0 Å². The number of hydrogen-bond donors (Lipinski definition) is 2. The molecule has 2 heteroatoms. The predicted octanol–water partition coefficient (Wildman–Crippen LogP) is 1.27. The van der Waals surface area contributed by atoms with Crippen molar-refractivity contribution in [3.8, 4) is 0 Å². The number of rotatable bonds is 3. The molecule has 0 unspecified atom stereocenters. The maximum Gasteiger partial charge on any atom is 0.0241 e. The van der Waals surface area contributed by atoms with E-state index >= 15 is 0 Å². The highest BCUT2D eigenvalue weighted by atomic mass is 14.5. The molecule has 0 spiro atoms. The van der Waals surface area contributed by atoms with Crippen LogP contribution in [-0.4, -0.2) is 0 Å². The highest BCUT2D eigenvalue weighted by Gasteiger charge is 1.83. The first-order valence-electron chi connectivity index (χ1n) is 3.24. The average molecular weight is 138 g/mol. The minimum Gasteiger partial charge on any atom is -0.404 e. The maximum absolute atomic E-state index is 5.30. The van der Waals surface area contributed by atoms with E-state index in [2.05, 4.69) is 6.58 Å². The minimum atomic E-state index is 0.549. The van der Waals surface area contributed by atoms with Crippen LogP contribution in [0.15, 0.2) is 36.2 Å². The summed E-state index contributed by atoms with van der Waals surface area (Å²) in [7, 11) is 0. The summed E-state index contributed by atoms with van der Waals surface area (Å²) in [5, 5.41) is 0. The summed E-state index contributed by atoms with van der Waals surface area (Å²) in [5.74, 6) is 0. The first-order valence-corrected chi connectivity index (χ1v) is 3.24. The van der Waals surface area contributed by atoms with E-state index in [0.717, 1.165) is 12.0 Å². The number of allylic oxidation sites excluding steroid dienone is 3. The third-order valence-electron chi connectivity index (χ3n) is 1.13. The Bertz CT molecular complexity index is 166. The first kappa shape index (κ1) is 8.82. The van der Waals surface area contributed by atoms with Crippen molar-refractivity contribution in [2.75, 3.05) is 0 Å². The number of nitrogens with two attached hydrogens (primary N) is 2. The van der Waals surface area contributed by atoms with Crippen molar-refractivity contribution in [2.24, 2.45) is 11.5 Å². The average Bonchev–Trinajstić information content (AvgIpc) is 1.90. The van der Waals surface area contributed by atoms with E-state index in [9.17, 15) is 0 Å². The molecule has 0 radical (unpaired) electrons. The van der Waals surface area contributed by atoms with Gasteiger partial charge in [-0.3, -0.25) is 0 Å². The smallest absolute Gasteiger partial charge is 0.0241 e. The first-order chi connectivity index (χ1) is 4.70. The molecule has 0 aromatic carbocycles. The quantitative estimate of drug-likeness (QED) is 0.577. The zero-order valence-corrected chi connectivity index (χ0v) is 6.30. The van der Waals surface area contributed by atoms with Crippen molar-refractivity contribution < 1.29 is 0 Å². The molecule has 0 aliphatic rings. The van der Waals surface area contributed by atoms with E-state index in [4.69, 9.17) is 11.5 Å². The molecule has 0 aromatic rings. The Hall–Kier alpha value is -1.18. The molecule has 56 valence electrons. The molecule has 0 bridgehead atoms. The SMILES string of the molecule is C=C(N)/C=C\C(=C/N)CC. The summed E-state index contributed by atoms with van der Waals surface area (Å²) >= 11 is 0. The molecule has 0 atom stereocenters. The second-order valence-corrected chi connectivity index (χ2v) is 2.00. The van der Waals surface area contributed by atoms with Gasteiger partial charge in [-0.2, -0.15) is 0 Å². The van der Waals surface area contributed by atoms with Gasteiger partial charge in [-0.1, -0.05) is 19.6 Å². The molecule has 10 heavy (non-hydrogen) atoms. The van der Waals surface area contributed by atoms with E-state index in [1.807, 2.05) is 13.0 Å². The Balaban J connectivity index is 3.98. The zero-order valence-electron chi connectivity index (χ0n) is 6.30. The lowest BCUT2D eigenvalue weighted by Crippen LogP contribution is -1.90. The van der Waals surface area contributed by atoms with Gasteiger partial charge >= 0.3 is 0 Å². The van der Waals surface area contributed by atoms with Gasteiger partial charge in [0.1, 0.15) is 0 Å². The molecule has 0 aliphatic heterocycles. The molecule has 0 amide bonds. The molecule has 0 heterocycles. The fraction of sp³-hybridized carbons (Fsp3) is 0.250. The molecule has 0 aliphatic carbocycles. The summed E-state index contributed by atoms with van der Waals surface area (Å²) in [6.45, 7) is 5.55. The fourth-order valence-corrected chi connectivity index (χ4v) is 0.505. The van der Waals surface area contributed by atoms with Crippen LogP contribution in [0.3, 0.4) is 0 Å². The van der Waals surface area contributed by atoms with Gasteiger partial charge in [0.15, 0.2) is 0 Å². The van der Waals surface area contributed by atoms with Gasteiger partial charge < -0.3 is 11.5 Å². The van der Waals surface area contributed by atoms with Gasteiger partial charge in [0.2, 0.25) is 0 Å². The van der Waals surface area contributed by atoms with Crippen molar-refractivity contribution in [2.45, 2.75) is 13.3 Å². The standard InChI is InChI=1S/C8H14N2/c1-3-8(6-9)5-4-7(2)10/h4-6H,2-3,9-10H2,1H3/b5-4-,8-6-. The van der Waals surface area contributed by atoms with E-state index in [1.165, 1.54) is 0 Å². The Morgan fingerprint density at radius 3 is 2.40 bits per heavy atom. The normalized spacial score (nSPS) is 12.3. The molecular weight excluding hydrogens is 124 g/mol. The largest absolute Gasteiger partial charge is 0.404 e. The van der Waals surface area contributed by atoms with Crippen LogP contribution in [0, 0.1) is 0 Å². The molecule has 0 aromatic heterocycles. The van der Waals surface area contributed by atoms with Crippen molar-refractivity contribution in [3.63, 3.8) is 0 Å². The second kappa shape index (κ2) is 4.68. The van der Waals surface area contributed by atoms with Crippen LogP contribution in [0.25, 0.3) is 0 Å². The highest BCUT2D eigenvalue weighted by molar-refractivity contribution is 5.23. The number of hydrogen-bond acceptors (Lipinski definition) is 2. The Labute approximate surface area is 61.9 Å². The topological polar surface area (TPSA) is 52.0 Å². The molecule has 0 rings (SSSR count). The summed E-state index contributed by atoms with van der Waals surface area (Å²) < 4.78 is 0. The fourth-order valence-electron chi connectivity index (χ4n) is 0.505. The van der Waals surface area contributed by atoms with Crippen LogP contribution in [0.2, 0.25) is 0 Å². The van der Waals surface area contributed by atoms with E-state index in [-0.39, 0.29) is 0 Å². The van der Waals surface area contributed by atoms with Crippen LogP contribution in [0.5, 0.6) is 0 Å². The highest BCUT2D eigenvalue weighted by Crippen LogP contribution is 2.00. The molecule has 0 saturated heterocycles. The van der Waals surface area contributed by atoms with Crippen molar-refractivity contribution >= 4 is 0 Å². The Kier molecular flexibility index (Phi) is 4.12. The lowest BCUT2D eigenvalue weighted by Gasteiger charge is -1.92. The zero-order chi connectivity index (χ0) is 7.98. The van der Waals surface area contributed by atoms with Crippen LogP contribution >= 0.6 is 0 Å². The summed E-state index contributed by atoms with van der Waals surface area (Å²) in [5.41, 5.74) is 12.2. The van der Waals surface area contributed by atoms with Crippen LogP contribution in [-0.2, 0) is 0 Å². The van der Waals surface area contributed by atoms with Crippen molar-refractivity contribution in [1.82, 2.24) is 0 Å². The van der Waals surface area contributed by atoms with Gasteiger partial charge in [-0.25, -0.2) is 0 Å². The maximum atomic E-state index is 5.30. The van der Waals surface area contributed by atoms with Crippen LogP contribution in [0.1, 0.15) is 13.3 Å². The van der Waals surface area contributed by atoms with E-state index in [0.29, 0.717) is 5.70 Å². The molecular formula is C8H14N2. The Morgan fingerprint density at radius 1 is 1.50 bits per heavy atom. The Morgan fingerprint density at radius 2 is 2.10 bits per heavy atom. The summed E-state index contributed by atoms with van der Waals surface area (Å²) in [4.78, 5) is 0. The van der Waals surface area contributed by atoms with Gasteiger partial charge in [-0.15, -0.1) is 0 Å².